The normalized spacial score (nSPS) is 10.9. The number of ketones is 1. The number of nitrogens with one attached hydrogen (secondary N) is 3. The van der Waals surface area contributed by atoms with Gasteiger partial charge in [-0.05, 0) is 66.6 Å². The minimum absolute atomic E-state index is 0. The van der Waals surface area contributed by atoms with E-state index in [0.717, 1.165) is 11.1 Å². The molecule has 0 spiro atoms. The second-order valence-electron chi connectivity index (χ2n) is 9.30. The van der Waals surface area contributed by atoms with E-state index >= 15 is 0 Å². The Morgan fingerprint density at radius 1 is 0.786 bits per heavy atom. The number of benzene rings is 4. The van der Waals surface area contributed by atoms with Crippen LogP contribution in [-0.4, -0.2) is 29.5 Å². The maximum atomic E-state index is 13.1. The molecule has 1 atom stereocenters. The summed E-state index contributed by atoms with van der Waals surface area (Å²) in [5.74, 6) is -0.724. The molecule has 0 aromatic heterocycles. The van der Waals surface area contributed by atoms with Gasteiger partial charge in [0.15, 0.2) is 5.78 Å². The molecule has 9 nitrogen and oxygen atoms in total. The molecule has 4 rings (SSSR count). The van der Waals surface area contributed by atoms with Crippen molar-refractivity contribution in [2.45, 2.75) is 26.0 Å². The summed E-state index contributed by atoms with van der Waals surface area (Å²) in [6.45, 7) is 1.89. The number of Topliss-reactive ketones (excluding diaryl/α,β-unsaturated/α-hetero) is 1. The standard InChI is InChI=1S/C32H30N4O5.HI/c1-21(37)24-13-15-27(16-14-24)36-41-32(39)29(35-31(38)26-11-9-25(10-12-26)30(33)34)19-22-7-17-28(18-8-22)40-20-23-5-3-2-4-6-23;/h2-18,29,36H,19-20H2,1H3,(H3,33,34)(H,35,38);1H/t29-;/m0./s1. The third kappa shape index (κ3) is 9.16. The van der Waals surface area contributed by atoms with Gasteiger partial charge in [-0.15, -0.1) is 24.0 Å². The Labute approximate surface area is 260 Å². The lowest BCUT2D eigenvalue weighted by molar-refractivity contribution is -0.142. The molecule has 0 fully saturated rings. The van der Waals surface area contributed by atoms with E-state index in [-0.39, 0.29) is 42.0 Å². The summed E-state index contributed by atoms with van der Waals surface area (Å²) in [6.07, 6.45) is 0.153. The van der Waals surface area contributed by atoms with E-state index in [1.165, 1.54) is 19.1 Å². The van der Waals surface area contributed by atoms with Crippen LogP contribution in [0, 0.1) is 5.41 Å². The summed E-state index contributed by atoms with van der Waals surface area (Å²) in [5.41, 5.74) is 11.7. The van der Waals surface area contributed by atoms with Crippen molar-refractivity contribution in [3.63, 3.8) is 0 Å². The highest BCUT2D eigenvalue weighted by molar-refractivity contribution is 14.0. The average molecular weight is 679 g/mol. The second-order valence-corrected chi connectivity index (χ2v) is 9.30. The number of nitrogen functional groups attached to an aromatic ring is 1. The highest BCUT2D eigenvalue weighted by Gasteiger charge is 2.24. The fraction of sp³-hybridized carbons (Fsp3) is 0.125. The average Bonchev–Trinajstić information content (AvgIpc) is 2.99. The number of halogens is 1. The van der Waals surface area contributed by atoms with E-state index in [1.807, 2.05) is 42.5 Å². The molecule has 0 unspecified atom stereocenters. The number of carbonyl (C=O) groups excluding carboxylic acids is 3. The molecule has 5 N–H and O–H groups in total. The minimum atomic E-state index is -1.03. The van der Waals surface area contributed by atoms with Crippen LogP contribution in [0.25, 0.3) is 0 Å². The molecule has 4 aromatic carbocycles. The fourth-order valence-electron chi connectivity index (χ4n) is 3.89. The number of hydrogen-bond donors (Lipinski definition) is 4. The van der Waals surface area contributed by atoms with Crippen LogP contribution >= 0.6 is 24.0 Å². The van der Waals surface area contributed by atoms with Crippen molar-refractivity contribution < 1.29 is 24.0 Å². The van der Waals surface area contributed by atoms with Gasteiger partial charge < -0.3 is 20.6 Å². The van der Waals surface area contributed by atoms with Gasteiger partial charge in [-0.25, -0.2) is 10.3 Å². The third-order valence-electron chi connectivity index (χ3n) is 6.22. The second kappa shape index (κ2) is 15.3. The van der Waals surface area contributed by atoms with Gasteiger partial charge in [-0.3, -0.25) is 15.0 Å². The molecule has 0 saturated carbocycles. The van der Waals surface area contributed by atoms with Crippen molar-refractivity contribution in [2.75, 3.05) is 5.48 Å². The molecule has 1 amide bonds. The van der Waals surface area contributed by atoms with Crippen LogP contribution in [0.2, 0.25) is 0 Å². The van der Waals surface area contributed by atoms with E-state index < -0.39 is 17.9 Å². The highest BCUT2D eigenvalue weighted by atomic mass is 127. The topological polar surface area (TPSA) is 144 Å². The predicted octanol–water partition coefficient (Wildman–Crippen LogP) is 5.28. The number of ether oxygens (including phenoxy) is 1. The molecule has 216 valence electrons. The molecule has 0 bridgehead atoms. The van der Waals surface area contributed by atoms with E-state index in [0.29, 0.717) is 34.7 Å². The van der Waals surface area contributed by atoms with Crippen molar-refractivity contribution in [1.82, 2.24) is 5.32 Å². The van der Waals surface area contributed by atoms with Gasteiger partial charge in [0.05, 0.1) is 5.69 Å². The van der Waals surface area contributed by atoms with Gasteiger partial charge in [0, 0.05) is 23.1 Å². The first kappa shape index (κ1) is 31.8. The van der Waals surface area contributed by atoms with Crippen molar-refractivity contribution in [1.29, 1.82) is 5.41 Å². The van der Waals surface area contributed by atoms with Crippen molar-refractivity contribution >= 4 is 53.2 Å². The van der Waals surface area contributed by atoms with Crippen LogP contribution in [0.5, 0.6) is 5.75 Å². The largest absolute Gasteiger partial charge is 0.489 e. The maximum absolute atomic E-state index is 13.1. The monoisotopic (exact) mass is 678 g/mol. The molecule has 42 heavy (non-hydrogen) atoms. The number of amidine groups is 1. The van der Waals surface area contributed by atoms with Crippen LogP contribution in [0.3, 0.4) is 0 Å². The van der Waals surface area contributed by atoms with E-state index in [1.54, 1.807) is 48.5 Å². The molecule has 4 aromatic rings. The van der Waals surface area contributed by atoms with Gasteiger partial charge in [0.1, 0.15) is 24.2 Å². The number of nitrogens with two attached hydrogens (primary N) is 1. The van der Waals surface area contributed by atoms with E-state index in [9.17, 15) is 14.4 Å². The molecule has 0 saturated heterocycles. The maximum Gasteiger partial charge on any atom is 0.354 e. The Morgan fingerprint density at radius 2 is 1.38 bits per heavy atom. The molecular formula is C32H31IN4O5. The summed E-state index contributed by atoms with van der Waals surface area (Å²) in [7, 11) is 0. The highest BCUT2D eigenvalue weighted by Crippen LogP contribution is 2.17. The fourth-order valence-corrected chi connectivity index (χ4v) is 3.89. The molecular weight excluding hydrogens is 647 g/mol. The summed E-state index contributed by atoms with van der Waals surface area (Å²) in [6, 6.07) is 28.7. The zero-order chi connectivity index (χ0) is 29.2. The van der Waals surface area contributed by atoms with Crippen molar-refractivity contribution in [2.24, 2.45) is 5.73 Å². The minimum Gasteiger partial charge on any atom is -0.489 e. The first-order valence-electron chi connectivity index (χ1n) is 12.9. The lowest BCUT2D eigenvalue weighted by Crippen LogP contribution is -2.44. The first-order valence-corrected chi connectivity index (χ1v) is 12.9. The third-order valence-corrected chi connectivity index (χ3v) is 6.22. The van der Waals surface area contributed by atoms with Crippen LogP contribution in [-0.2, 0) is 22.7 Å². The van der Waals surface area contributed by atoms with E-state index in [2.05, 4.69) is 10.8 Å². The number of anilines is 1. The van der Waals surface area contributed by atoms with Gasteiger partial charge in [0.25, 0.3) is 5.91 Å². The van der Waals surface area contributed by atoms with Crippen LogP contribution in [0.1, 0.15) is 44.3 Å². The smallest absolute Gasteiger partial charge is 0.354 e. The Kier molecular flexibility index (Phi) is 11.6. The Bertz CT molecular complexity index is 1510. The zero-order valence-corrected chi connectivity index (χ0v) is 25.2. The van der Waals surface area contributed by atoms with Crippen molar-refractivity contribution in [3.05, 3.63) is 131 Å². The van der Waals surface area contributed by atoms with Gasteiger partial charge in [-0.1, -0.05) is 54.6 Å². The van der Waals surface area contributed by atoms with Gasteiger partial charge in [0.2, 0.25) is 0 Å². The van der Waals surface area contributed by atoms with Crippen molar-refractivity contribution in [3.8, 4) is 5.75 Å². The van der Waals surface area contributed by atoms with Crippen LogP contribution in [0.4, 0.5) is 5.69 Å². The van der Waals surface area contributed by atoms with Gasteiger partial charge >= 0.3 is 5.97 Å². The summed E-state index contributed by atoms with van der Waals surface area (Å²) >= 11 is 0. The zero-order valence-electron chi connectivity index (χ0n) is 22.8. The molecule has 10 heteroatoms. The number of rotatable bonds is 12. The Morgan fingerprint density at radius 3 is 1.98 bits per heavy atom. The number of hydrogen-bond acceptors (Lipinski definition) is 7. The van der Waals surface area contributed by atoms with Gasteiger partial charge in [-0.2, -0.15) is 0 Å². The molecule has 0 aliphatic heterocycles. The summed E-state index contributed by atoms with van der Waals surface area (Å²) in [4.78, 5) is 42.9. The summed E-state index contributed by atoms with van der Waals surface area (Å²) in [5, 5.41) is 10.3. The lowest BCUT2D eigenvalue weighted by atomic mass is 10.0. The number of carbonyl (C=O) groups is 3. The molecule has 0 radical (unpaired) electrons. The summed E-state index contributed by atoms with van der Waals surface area (Å²) < 4.78 is 5.84. The van der Waals surface area contributed by atoms with Crippen LogP contribution in [0.15, 0.2) is 103 Å². The van der Waals surface area contributed by atoms with Crippen LogP contribution < -0.4 is 21.3 Å². The Balaban J connectivity index is 0.00000484. The lowest BCUT2D eigenvalue weighted by Gasteiger charge is -2.18. The SMILES string of the molecule is CC(=O)c1ccc(NOC(=O)[C@H](Cc2ccc(OCc3ccccc3)cc2)NC(=O)c2ccc(C(=N)N)cc2)cc1.I. The number of amides is 1. The molecule has 0 aliphatic rings. The molecule has 0 aliphatic carbocycles. The molecule has 0 heterocycles. The first-order chi connectivity index (χ1) is 19.8. The quantitative estimate of drug-likeness (QED) is 0.0525. The Hall–Kier alpha value is -4.71. The van der Waals surface area contributed by atoms with E-state index in [4.69, 9.17) is 20.7 Å². The predicted molar refractivity (Wildman–Crippen MR) is 171 cm³/mol.